The van der Waals surface area contributed by atoms with Crippen LogP contribution in [0.1, 0.15) is 26.3 Å². The average Bonchev–Trinajstić information content (AvgIpc) is 2.59. The fourth-order valence-electron chi connectivity index (χ4n) is 2.04. The van der Waals surface area contributed by atoms with Crippen molar-refractivity contribution in [3.63, 3.8) is 0 Å². The van der Waals surface area contributed by atoms with Crippen molar-refractivity contribution in [3.8, 4) is 5.75 Å². The van der Waals surface area contributed by atoms with E-state index in [1.165, 1.54) is 7.11 Å². The molecule has 0 saturated carbocycles. The van der Waals surface area contributed by atoms with Gasteiger partial charge >= 0.3 is 0 Å². The van der Waals surface area contributed by atoms with Crippen molar-refractivity contribution in [2.75, 3.05) is 13.4 Å². The predicted octanol–water partition coefficient (Wildman–Crippen LogP) is 1.65. The first-order valence-electron chi connectivity index (χ1n) is 7.13. The van der Waals surface area contributed by atoms with Gasteiger partial charge in [0.25, 0.3) is 11.8 Å². The van der Waals surface area contributed by atoms with Crippen LogP contribution in [0.25, 0.3) is 0 Å². The maximum atomic E-state index is 12.1. The molecule has 1 unspecified atom stereocenters. The fourth-order valence-corrected chi connectivity index (χ4v) is 2.69. The van der Waals surface area contributed by atoms with Crippen LogP contribution in [0, 0.1) is 0 Å². The van der Waals surface area contributed by atoms with E-state index in [0.717, 1.165) is 5.56 Å². The molecule has 0 bridgehead atoms. The Morgan fingerprint density at radius 1 is 1.00 bits per heavy atom. The van der Waals surface area contributed by atoms with Gasteiger partial charge in [-0.3, -0.25) is 24.6 Å². The lowest BCUT2D eigenvalue weighted by atomic mass is 10.1. The Morgan fingerprint density at radius 2 is 1.62 bits per heavy atom. The lowest BCUT2D eigenvalue weighted by Gasteiger charge is -2.09. The number of amides is 2. The Kier molecular flexibility index (Phi) is 6.08. The number of nitrogens with one attached hydrogen (secondary N) is 2. The Hall–Kier alpha value is -2.67. The standard InChI is InChI=1S/C17H18N2O4S/c1-23-15-8-6-13(7-9-15)16(20)18-19-17(21)14-5-3-4-12(10-14)11-24(2)22/h3-10H,11H2,1-2H3,(H,18,20)(H,19,21). The number of hydrogen-bond donors (Lipinski definition) is 2. The number of hydrazine groups is 1. The zero-order chi connectivity index (χ0) is 17.5. The largest absolute Gasteiger partial charge is 0.497 e. The van der Waals surface area contributed by atoms with Crippen LogP contribution in [0.5, 0.6) is 5.75 Å². The summed E-state index contributed by atoms with van der Waals surface area (Å²) in [5, 5.41) is 0. The van der Waals surface area contributed by atoms with Gasteiger partial charge in [0.15, 0.2) is 0 Å². The monoisotopic (exact) mass is 346 g/mol. The zero-order valence-electron chi connectivity index (χ0n) is 13.4. The maximum Gasteiger partial charge on any atom is 0.269 e. The normalized spacial score (nSPS) is 11.4. The molecular formula is C17H18N2O4S. The minimum atomic E-state index is -0.989. The smallest absolute Gasteiger partial charge is 0.269 e. The minimum Gasteiger partial charge on any atom is -0.497 e. The van der Waals surface area contributed by atoms with E-state index < -0.39 is 22.6 Å². The number of benzene rings is 2. The predicted molar refractivity (Wildman–Crippen MR) is 92.1 cm³/mol. The van der Waals surface area contributed by atoms with Gasteiger partial charge < -0.3 is 4.74 Å². The zero-order valence-corrected chi connectivity index (χ0v) is 14.2. The summed E-state index contributed by atoms with van der Waals surface area (Å²) in [6, 6.07) is 13.3. The second-order valence-electron chi connectivity index (χ2n) is 5.05. The number of carbonyl (C=O) groups is 2. The molecule has 2 rings (SSSR count). The van der Waals surface area contributed by atoms with E-state index in [9.17, 15) is 13.8 Å². The first-order chi connectivity index (χ1) is 11.5. The highest BCUT2D eigenvalue weighted by molar-refractivity contribution is 7.83. The van der Waals surface area contributed by atoms with Crippen LogP contribution in [0.4, 0.5) is 0 Å². The molecule has 0 spiro atoms. The molecule has 2 N–H and O–H groups in total. The molecule has 2 aromatic rings. The quantitative estimate of drug-likeness (QED) is 0.806. The Morgan fingerprint density at radius 3 is 2.21 bits per heavy atom. The Balaban J connectivity index is 1.96. The van der Waals surface area contributed by atoms with Crippen LogP contribution in [0.2, 0.25) is 0 Å². The van der Waals surface area contributed by atoms with Crippen molar-refractivity contribution < 1.29 is 18.5 Å². The van der Waals surface area contributed by atoms with Crippen LogP contribution in [0.15, 0.2) is 48.5 Å². The molecule has 0 radical (unpaired) electrons. The van der Waals surface area contributed by atoms with Crippen LogP contribution >= 0.6 is 0 Å². The van der Waals surface area contributed by atoms with Crippen molar-refractivity contribution in [1.82, 2.24) is 10.9 Å². The molecule has 24 heavy (non-hydrogen) atoms. The first kappa shape index (κ1) is 17.7. The maximum absolute atomic E-state index is 12.1. The first-order valence-corrected chi connectivity index (χ1v) is 8.86. The van der Waals surface area contributed by atoms with Crippen molar-refractivity contribution in [3.05, 3.63) is 65.2 Å². The van der Waals surface area contributed by atoms with Gasteiger partial charge in [-0.2, -0.15) is 0 Å². The van der Waals surface area contributed by atoms with Crippen molar-refractivity contribution in [1.29, 1.82) is 0 Å². The summed E-state index contributed by atoms with van der Waals surface area (Å²) in [5.74, 6) is 0.136. The van der Waals surface area contributed by atoms with E-state index >= 15 is 0 Å². The van der Waals surface area contributed by atoms with Crippen molar-refractivity contribution in [2.24, 2.45) is 0 Å². The summed E-state index contributed by atoms with van der Waals surface area (Å²) in [5.41, 5.74) is 6.29. The lowest BCUT2D eigenvalue weighted by molar-refractivity contribution is 0.0846. The van der Waals surface area contributed by atoms with Gasteiger partial charge in [0.1, 0.15) is 5.75 Å². The third-order valence-corrected chi connectivity index (χ3v) is 3.94. The van der Waals surface area contributed by atoms with E-state index in [4.69, 9.17) is 4.74 Å². The summed E-state index contributed by atoms with van der Waals surface area (Å²) in [7, 11) is 0.551. The SMILES string of the molecule is COc1ccc(C(=O)NNC(=O)c2cccc(CS(C)=O)c2)cc1. The molecule has 0 aromatic heterocycles. The minimum absolute atomic E-state index is 0.374. The highest BCUT2D eigenvalue weighted by Crippen LogP contribution is 2.11. The van der Waals surface area contributed by atoms with E-state index in [2.05, 4.69) is 10.9 Å². The number of carbonyl (C=O) groups excluding carboxylic acids is 2. The molecular weight excluding hydrogens is 328 g/mol. The number of rotatable bonds is 5. The molecule has 0 fully saturated rings. The number of hydrogen-bond acceptors (Lipinski definition) is 4. The summed E-state index contributed by atoms with van der Waals surface area (Å²) in [6.45, 7) is 0. The number of methoxy groups -OCH3 is 1. The summed E-state index contributed by atoms with van der Waals surface area (Å²) < 4.78 is 16.3. The molecule has 7 heteroatoms. The molecule has 0 aliphatic carbocycles. The van der Waals surface area contributed by atoms with E-state index in [0.29, 0.717) is 22.6 Å². The molecule has 0 heterocycles. The average molecular weight is 346 g/mol. The van der Waals surface area contributed by atoms with Gasteiger partial charge in [-0.15, -0.1) is 0 Å². The van der Waals surface area contributed by atoms with E-state index in [1.807, 2.05) is 0 Å². The molecule has 0 aliphatic rings. The number of ether oxygens (including phenoxy) is 1. The van der Waals surface area contributed by atoms with Crippen molar-refractivity contribution >= 4 is 22.6 Å². The third kappa shape index (κ3) is 4.92. The molecule has 1 atom stereocenters. The summed E-state index contributed by atoms with van der Waals surface area (Å²) in [6.07, 6.45) is 1.60. The van der Waals surface area contributed by atoms with Crippen LogP contribution in [-0.2, 0) is 16.6 Å². The molecule has 2 amide bonds. The van der Waals surface area contributed by atoms with Gasteiger partial charge in [0, 0.05) is 33.9 Å². The Bertz CT molecular complexity index is 759. The summed E-state index contributed by atoms with van der Waals surface area (Å²) in [4.78, 5) is 24.1. The second kappa shape index (κ2) is 8.26. The highest BCUT2D eigenvalue weighted by Gasteiger charge is 2.10. The second-order valence-corrected chi connectivity index (χ2v) is 6.49. The molecule has 0 saturated heterocycles. The van der Waals surface area contributed by atoms with Crippen LogP contribution in [0.3, 0.4) is 0 Å². The molecule has 126 valence electrons. The highest BCUT2D eigenvalue weighted by atomic mass is 32.2. The van der Waals surface area contributed by atoms with Crippen LogP contribution < -0.4 is 15.6 Å². The van der Waals surface area contributed by atoms with Gasteiger partial charge in [0.2, 0.25) is 0 Å². The molecule has 0 aliphatic heterocycles. The summed E-state index contributed by atoms with van der Waals surface area (Å²) >= 11 is 0. The van der Waals surface area contributed by atoms with E-state index in [-0.39, 0.29) is 0 Å². The van der Waals surface area contributed by atoms with Gasteiger partial charge in [-0.25, -0.2) is 0 Å². The Labute approximate surface area is 142 Å². The molecule has 6 nitrogen and oxygen atoms in total. The molecule has 2 aromatic carbocycles. The van der Waals surface area contributed by atoms with Crippen molar-refractivity contribution in [2.45, 2.75) is 5.75 Å². The lowest BCUT2D eigenvalue weighted by Crippen LogP contribution is -2.41. The van der Waals surface area contributed by atoms with Gasteiger partial charge in [0.05, 0.1) is 7.11 Å². The topological polar surface area (TPSA) is 84.5 Å². The van der Waals surface area contributed by atoms with Gasteiger partial charge in [-0.1, -0.05) is 12.1 Å². The fraction of sp³-hybridized carbons (Fsp3) is 0.176. The van der Waals surface area contributed by atoms with E-state index in [1.54, 1.807) is 54.8 Å². The third-order valence-electron chi connectivity index (χ3n) is 3.20. The van der Waals surface area contributed by atoms with Gasteiger partial charge in [-0.05, 0) is 42.0 Å². The van der Waals surface area contributed by atoms with Crippen LogP contribution in [-0.4, -0.2) is 29.4 Å².